The molecule has 0 fully saturated rings. The second-order valence-electron chi connectivity index (χ2n) is 3.73. The van der Waals surface area contributed by atoms with Crippen molar-refractivity contribution < 1.29 is 14.3 Å². The SMILES string of the molecule is CC[C@@H]1NC(=O)c2cc(OC)c(OC)cc21. The number of hydrogen-bond donors (Lipinski definition) is 1. The lowest BCUT2D eigenvalue weighted by Gasteiger charge is -2.11. The highest BCUT2D eigenvalue weighted by Gasteiger charge is 2.29. The first-order chi connectivity index (χ1) is 7.71. The normalized spacial score (nSPS) is 17.9. The van der Waals surface area contributed by atoms with E-state index < -0.39 is 0 Å². The molecular formula is C12H15NO3. The molecule has 1 N–H and O–H groups in total. The monoisotopic (exact) mass is 221 g/mol. The Morgan fingerprint density at radius 2 is 1.88 bits per heavy atom. The van der Waals surface area contributed by atoms with Crippen molar-refractivity contribution in [1.82, 2.24) is 5.32 Å². The standard InChI is InChI=1S/C12H15NO3/c1-4-9-7-5-10(15-2)11(16-3)6-8(7)12(14)13-9/h5-6,9H,4H2,1-3H3,(H,13,14)/t9-/m0/s1. The summed E-state index contributed by atoms with van der Waals surface area (Å²) in [7, 11) is 3.16. The molecule has 2 rings (SSSR count). The van der Waals surface area contributed by atoms with Crippen LogP contribution in [0, 0.1) is 0 Å². The molecule has 1 aromatic carbocycles. The molecule has 86 valence electrons. The van der Waals surface area contributed by atoms with Crippen LogP contribution in [0.4, 0.5) is 0 Å². The summed E-state index contributed by atoms with van der Waals surface area (Å²) in [5.74, 6) is 1.21. The van der Waals surface area contributed by atoms with Gasteiger partial charge in [-0.2, -0.15) is 0 Å². The van der Waals surface area contributed by atoms with Gasteiger partial charge in [0.1, 0.15) is 0 Å². The Morgan fingerprint density at radius 3 is 2.44 bits per heavy atom. The summed E-state index contributed by atoms with van der Waals surface area (Å²) in [6.45, 7) is 2.04. The van der Waals surface area contributed by atoms with Crippen LogP contribution in [0.1, 0.15) is 35.3 Å². The van der Waals surface area contributed by atoms with E-state index in [1.807, 2.05) is 13.0 Å². The van der Waals surface area contributed by atoms with E-state index in [9.17, 15) is 4.79 Å². The van der Waals surface area contributed by atoms with Crippen LogP contribution in [0.2, 0.25) is 0 Å². The van der Waals surface area contributed by atoms with E-state index in [4.69, 9.17) is 9.47 Å². The van der Waals surface area contributed by atoms with Gasteiger partial charge in [0.15, 0.2) is 11.5 Å². The van der Waals surface area contributed by atoms with Gasteiger partial charge in [0.25, 0.3) is 5.91 Å². The van der Waals surface area contributed by atoms with Gasteiger partial charge in [-0.1, -0.05) is 6.92 Å². The van der Waals surface area contributed by atoms with Gasteiger partial charge in [0.2, 0.25) is 0 Å². The van der Waals surface area contributed by atoms with Gasteiger partial charge in [0.05, 0.1) is 20.3 Å². The Kier molecular flexibility index (Phi) is 2.73. The fourth-order valence-corrected chi connectivity index (χ4v) is 2.02. The average Bonchev–Trinajstić information content (AvgIpc) is 2.63. The number of carbonyl (C=O) groups is 1. The predicted molar refractivity (Wildman–Crippen MR) is 60.0 cm³/mol. The maximum absolute atomic E-state index is 11.7. The first-order valence-electron chi connectivity index (χ1n) is 5.28. The molecule has 4 heteroatoms. The average molecular weight is 221 g/mol. The smallest absolute Gasteiger partial charge is 0.252 e. The zero-order valence-electron chi connectivity index (χ0n) is 9.66. The summed E-state index contributed by atoms with van der Waals surface area (Å²) in [5, 5.41) is 2.92. The minimum Gasteiger partial charge on any atom is -0.493 e. The van der Waals surface area contributed by atoms with E-state index in [1.54, 1.807) is 20.3 Å². The Morgan fingerprint density at radius 1 is 1.25 bits per heavy atom. The van der Waals surface area contributed by atoms with Crippen molar-refractivity contribution in [3.63, 3.8) is 0 Å². The molecule has 1 atom stereocenters. The first-order valence-corrected chi connectivity index (χ1v) is 5.28. The highest BCUT2D eigenvalue weighted by atomic mass is 16.5. The number of benzene rings is 1. The van der Waals surface area contributed by atoms with Gasteiger partial charge < -0.3 is 14.8 Å². The van der Waals surface area contributed by atoms with Crippen LogP contribution in [-0.2, 0) is 0 Å². The van der Waals surface area contributed by atoms with E-state index in [1.165, 1.54) is 0 Å². The van der Waals surface area contributed by atoms with Crippen LogP contribution in [0.3, 0.4) is 0 Å². The number of methoxy groups -OCH3 is 2. The van der Waals surface area contributed by atoms with Gasteiger partial charge in [-0.3, -0.25) is 4.79 Å². The largest absolute Gasteiger partial charge is 0.493 e. The number of carbonyl (C=O) groups excluding carboxylic acids is 1. The van der Waals surface area contributed by atoms with E-state index in [0.29, 0.717) is 17.1 Å². The Bertz CT molecular complexity index is 429. The molecule has 16 heavy (non-hydrogen) atoms. The zero-order chi connectivity index (χ0) is 11.7. The highest BCUT2D eigenvalue weighted by molar-refractivity contribution is 5.99. The van der Waals surface area contributed by atoms with Crippen molar-refractivity contribution >= 4 is 5.91 Å². The van der Waals surface area contributed by atoms with Crippen LogP contribution in [0.15, 0.2) is 12.1 Å². The van der Waals surface area contributed by atoms with Gasteiger partial charge in [0, 0.05) is 5.56 Å². The summed E-state index contributed by atoms with van der Waals surface area (Å²) in [4.78, 5) is 11.7. The van der Waals surface area contributed by atoms with Crippen LogP contribution in [0.5, 0.6) is 11.5 Å². The van der Waals surface area contributed by atoms with Crippen molar-refractivity contribution in [1.29, 1.82) is 0 Å². The third-order valence-electron chi connectivity index (χ3n) is 2.89. The fraction of sp³-hybridized carbons (Fsp3) is 0.417. The number of hydrogen-bond acceptors (Lipinski definition) is 3. The van der Waals surface area contributed by atoms with Crippen LogP contribution < -0.4 is 14.8 Å². The number of fused-ring (bicyclic) bond motifs is 1. The highest BCUT2D eigenvalue weighted by Crippen LogP contribution is 2.37. The Balaban J connectivity index is 2.54. The third-order valence-corrected chi connectivity index (χ3v) is 2.89. The molecule has 1 amide bonds. The molecule has 0 aliphatic carbocycles. The third kappa shape index (κ3) is 1.50. The van der Waals surface area contributed by atoms with E-state index in [-0.39, 0.29) is 11.9 Å². The van der Waals surface area contributed by atoms with Crippen molar-refractivity contribution in [3.05, 3.63) is 23.3 Å². The second kappa shape index (κ2) is 4.04. The molecule has 0 saturated carbocycles. The molecule has 1 aliphatic heterocycles. The van der Waals surface area contributed by atoms with Crippen molar-refractivity contribution in [2.45, 2.75) is 19.4 Å². The fourth-order valence-electron chi connectivity index (χ4n) is 2.02. The van der Waals surface area contributed by atoms with Crippen LogP contribution in [-0.4, -0.2) is 20.1 Å². The summed E-state index contributed by atoms with van der Waals surface area (Å²) in [6, 6.07) is 3.70. The van der Waals surface area contributed by atoms with E-state index >= 15 is 0 Å². The lowest BCUT2D eigenvalue weighted by Crippen LogP contribution is -2.17. The zero-order valence-corrected chi connectivity index (χ0v) is 9.66. The number of nitrogens with one attached hydrogen (secondary N) is 1. The van der Waals surface area contributed by atoms with Gasteiger partial charge >= 0.3 is 0 Å². The molecule has 0 bridgehead atoms. The molecule has 0 aromatic heterocycles. The lowest BCUT2D eigenvalue weighted by atomic mass is 10.0. The van der Waals surface area contributed by atoms with Crippen molar-refractivity contribution in [2.75, 3.05) is 14.2 Å². The minimum absolute atomic E-state index is 0.0391. The molecule has 4 nitrogen and oxygen atoms in total. The molecule has 0 unspecified atom stereocenters. The Labute approximate surface area is 94.6 Å². The summed E-state index contributed by atoms with van der Waals surface area (Å²) in [5.41, 5.74) is 1.68. The maximum Gasteiger partial charge on any atom is 0.252 e. The minimum atomic E-state index is -0.0391. The maximum atomic E-state index is 11.7. The molecule has 1 aromatic rings. The summed E-state index contributed by atoms with van der Waals surface area (Å²) in [6.07, 6.45) is 0.869. The first kappa shape index (κ1) is 10.8. The number of amides is 1. The molecule has 0 saturated heterocycles. The molecular weight excluding hydrogens is 206 g/mol. The van der Waals surface area contributed by atoms with E-state index in [0.717, 1.165) is 12.0 Å². The summed E-state index contributed by atoms with van der Waals surface area (Å²) < 4.78 is 10.4. The molecule has 0 spiro atoms. The molecule has 1 aliphatic rings. The number of rotatable bonds is 3. The second-order valence-corrected chi connectivity index (χ2v) is 3.73. The molecule has 1 heterocycles. The van der Waals surface area contributed by atoms with Crippen LogP contribution in [0.25, 0.3) is 0 Å². The number of ether oxygens (including phenoxy) is 2. The van der Waals surface area contributed by atoms with Crippen molar-refractivity contribution in [2.24, 2.45) is 0 Å². The van der Waals surface area contributed by atoms with Gasteiger partial charge in [-0.15, -0.1) is 0 Å². The van der Waals surface area contributed by atoms with Crippen molar-refractivity contribution in [3.8, 4) is 11.5 Å². The van der Waals surface area contributed by atoms with Crippen LogP contribution >= 0.6 is 0 Å². The topological polar surface area (TPSA) is 47.6 Å². The predicted octanol–water partition coefficient (Wildman–Crippen LogP) is 1.90. The lowest BCUT2D eigenvalue weighted by molar-refractivity contribution is 0.0955. The molecule has 0 radical (unpaired) electrons. The summed E-state index contributed by atoms with van der Waals surface area (Å²) >= 11 is 0. The Hall–Kier alpha value is -1.71. The quantitative estimate of drug-likeness (QED) is 0.848. The van der Waals surface area contributed by atoms with Gasteiger partial charge in [-0.05, 0) is 24.1 Å². The van der Waals surface area contributed by atoms with Gasteiger partial charge in [-0.25, -0.2) is 0 Å². The van der Waals surface area contributed by atoms with E-state index in [2.05, 4.69) is 5.32 Å².